The summed E-state index contributed by atoms with van der Waals surface area (Å²) in [7, 11) is 0. The van der Waals surface area contributed by atoms with E-state index in [0.717, 1.165) is 24.7 Å². The molecule has 2 aliphatic rings. The molecule has 3 rings (SSSR count). The third kappa shape index (κ3) is 2.55. The van der Waals surface area contributed by atoms with E-state index in [9.17, 15) is 0 Å². The number of H-pyrrole nitrogens is 1. The van der Waals surface area contributed by atoms with Gasteiger partial charge >= 0.3 is 0 Å². The molecule has 4 heteroatoms. The van der Waals surface area contributed by atoms with Crippen molar-refractivity contribution < 1.29 is 0 Å². The number of piperidine rings is 1. The summed E-state index contributed by atoms with van der Waals surface area (Å²) in [5.41, 5.74) is 0.0702. The molecule has 4 nitrogen and oxygen atoms in total. The van der Waals surface area contributed by atoms with Gasteiger partial charge in [0.2, 0.25) is 0 Å². The molecule has 1 aliphatic carbocycles. The number of hydrogen-bond donors (Lipinski definition) is 2. The van der Waals surface area contributed by atoms with Crippen LogP contribution in [0.4, 0.5) is 0 Å². The van der Waals surface area contributed by atoms with Crippen LogP contribution < -0.4 is 5.32 Å². The molecule has 1 aromatic rings. The van der Waals surface area contributed by atoms with Gasteiger partial charge in [-0.25, -0.2) is 4.98 Å². The van der Waals surface area contributed by atoms with E-state index >= 15 is 0 Å². The van der Waals surface area contributed by atoms with Gasteiger partial charge in [-0.3, -0.25) is 5.10 Å². The molecule has 0 bridgehead atoms. The summed E-state index contributed by atoms with van der Waals surface area (Å²) in [6.45, 7) is 6.85. The SMILES string of the molecule is CC(C)(c1n[nH]c(C2CCCC2)n1)C1CCCNC1. The fraction of sp³-hybridized carbons (Fsp3) is 0.867. The lowest BCUT2D eigenvalue weighted by Crippen LogP contribution is -2.41. The highest BCUT2D eigenvalue weighted by Crippen LogP contribution is 2.36. The second kappa shape index (κ2) is 5.23. The average Bonchev–Trinajstić information content (AvgIpc) is 3.10. The number of aromatic amines is 1. The van der Waals surface area contributed by atoms with Crippen LogP contribution in [0.15, 0.2) is 0 Å². The van der Waals surface area contributed by atoms with Crippen molar-refractivity contribution in [1.82, 2.24) is 20.5 Å². The predicted molar refractivity (Wildman–Crippen MR) is 76.2 cm³/mol. The maximum Gasteiger partial charge on any atom is 0.156 e. The molecule has 106 valence electrons. The van der Waals surface area contributed by atoms with Crippen molar-refractivity contribution in [1.29, 1.82) is 0 Å². The Morgan fingerprint density at radius 3 is 2.58 bits per heavy atom. The van der Waals surface area contributed by atoms with Crippen molar-refractivity contribution in [2.45, 2.75) is 63.7 Å². The third-order valence-electron chi connectivity index (χ3n) is 5.14. The first-order valence-electron chi connectivity index (χ1n) is 7.81. The molecule has 1 aromatic heterocycles. The molecule has 2 N–H and O–H groups in total. The normalized spacial score (nSPS) is 25.9. The number of nitrogens with one attached hydrogen (secondary N) is 2. The van der Waals surface area contributed by atoms with E-state index in [1.165, 1.54) is 38.5 Å². The van der Waals surface area contributed by atoms with Gasteiger partial charge in [0.15, 0.2) is 5.82 Å². The van der Waals surface area contributed by atoms with Crippen molar-refractivity contribution >= 4 is 0 Å². The highest BCUT2D eigenvalue weighted by atomic mass is 15.2. The number of rotatable bonds is 3. The molecule has 19 heavy (non-hydrogen) atoms. The lowest BCUT2D eigenvalue weighted by molar-refractivity contribution is 0.242. The zero-order chi connectivity index (χ0) is 13.3. The van der Waals surface area contributed by atoms with Crippen LogP contribution in [0.25, 0.3) is 0 Å². The summed E-state index contributed by atoms with van der Waals surface area (Å²) in [5.74, 6) is 3.42. The Kier molecular flexibility index (Phi) is 3.61. The minimum Gasteiger partial charge on any atom is -0.316 e. The van der Waals surface area contributed by atoms with Gasteiger partial charge in [-0.15, -0.1) is 0 Å². The minimum atomic E-state index is 0.0702. The number of nitrogens with zero attached hydrogens (tertiary/aromatic N) is 2. The summed E-state index contributed by atoms with van der Waals surface area (Å²) in [5, 5.41) is 11.3. The molecular weight excluding hydrogens is 236 g/mol. The van der Waals surface area contributed by atoms with Gasteiger partial charge < -0.3 is 5.32 Å². The molecule has 0 aromatic carbocycles. The predicted octanol–water partition coefficient (Wildman–Crippen LogP) is 2.74. The summed E-state index contributed by atoms with van der Waals surface area (Å²) in [4.78, 5) is 4.84. The Morgan fingerprint density at radius 2 is 1.89 bits per heavy atom. The van der Waals surface area contributed by atoms with Crippen molar-refractivity contribution in [3.63, 3.8) is 0 Å². The van der Waals surface area contributed by atoms with E-state index in [1.807, 2.05) is 0 Å². The van der Waals surface area contributed by atoms with Crippen LogP contribution in [-0.2, 0) is 5.41 Å². The highest BCUT2D eigenvalue weighted by Gasteiger charge is 2.36. The van der Waals surface area contributed by atoms with E-state index in [2.05, 4.69) is 29.4 Å². The first kappa shape index (κ1) is 13.1. The van der Waals surface area contributed by atoms with Gasteiger partial charge in [0.1, 0.15) is 5.82 Å². The minimum absolute atomic E-state index is 0.0702. The number of aromatic nitrogens is 3. The molecule has 1 atom stereocenters. The Balaban J connectivity index is 1.76. The Bertz CT molecular complexity index is 412. The van der Waals surface area contributed by atoms with Crippen LogP contribution >= 0.6 is 0 Å². The lowest BCUT2D eigenvalue weighted by atomic mass is 9.74. The standard InChI is InChI=1S/C15H26N4/c1-15(2,12-8-5-9-16-10-12)14-17-13(18-19-14)11-6-3-4-7-11/h11-12,16H,3-10H2,1-2H3,(H,17,18,19). The fourth-order valence-electron chi connectivity index (χ4n) is 3.59. The zero-order valence-corrected chi connectivity index (χ0v) is 12.2. The molecule has 0 radical (unpaired) electrons. The summed E-state index contributed by atoms with van der Waals surface area (Å²) < 4.78 is 0. The van der Waals surface area contributed by atoms with Gasteiger partial charge in [0, 0.05) is 11.3 Å². The van der Waals surface area contributed by atoms with Crippen LogP contribution in [0, 0.1) is 5.92 Å². The molecule has 1 saturated carbocycles. The molecular formula is C15H26N4. The summed E-state index contributed by atoms with van der Waals surface area (Å²) in [6.07, 6.45) is 7.80. The lowest BCUT2D eigenvalue weighted by Gasteiger charge is -2.35. The van der Waals surface area contributed by atoms with E-state index in [4.69, 9.17) is 4.98 Å². The Morgan fingerprint density at radius 1 is 1.11 bits per heavy atom. The third-order valence-corrected chi connectivity index (χ3v) is 5.14. The van der Waals surface area contributed by atoms with Crippen molar-refractivity contribution in [2.75, 3.05) is 13.1 Å². The quantitative estimate of drug-likeness (QED) is 0.880. The second-order valence-corrected chi connectivity index (χ2v) is 6.79. The summed E-state index contributed by atoms with van der Waals surface area (Å²) >= 11 is 0. The smallest absolute Gasteiger partial charge is 0.156 e. The molecule has 2 heterocycles. The highest BCUT2D eigenvalue weighted by molar-refractivity contribution is 5.10. The maximum absolute atomic E-state index is 4.84. The van der Waals surface area contributed by atoms with E-state index in [-0.39, 0.29) is 5.41 Å². The topological polar surface area (TPSA) is 53.6 Å². The second-order valence-electron chi connectivity index (χ2n) is 6.79. The first-order chi connectivity index (χ1) is 9.18. The van der Waals surface area contributed by atoms with Crippen LogP contribution in [0.3, 0.4) is 0 Å². The largest absolute Gasteiger partial charge is 0.316 e. The van der Waals surface area contributed by atoms with Gasteiger partial charge in [-0.1, -0.05) is 26.7 Å². The van der Waals surface area contributed by atoms with Gasteiger partial charge in [-0.2, -0.15) is 5.10 Å². The average molecular weight is 262 g/mol. The zero-order valence-electron chi connectivity index (χ0n) is 12.2. The molecule has 1 unspecified atom stereocenters. The van der Waals surface area contributed by atoms with E-state index in [1.54, 1.807) is 0 Å². The molecule has 1 aliphatic heterocycles. The van der Waals surface area contributed by atoms with E-state index < -0.39 is 0 Å². The van der Waals surface area contributed by atoms with Gasteiger partial charge in [0.05, 0.1) is 0 Å². The van der Waals surface area contributed by atoms with Gasteiger partial charge in [0.25, 0.3) is 0 Å². The van der Waals surface area contributed by atoms with Crippen molar-refractivity contribution in [2.24, 2.45) is 5.92 Å². The fourth-order valence-corrected chi connectivity index (χ4v) is 3.59. The Labute approximate surface area is 115 Å². The van der Waals surface area contributed by atoms with Crippen LogP contribution in [0.5, 0.6) is 0 Å². The Hall–Kier alpha value is -0.900. The van der Waals surface area contributed by atoms with Crippen molar-refractivity contribution in [3.8, 4) is 0 Å². The molecule has 0 amide bonds. The number of hydrogen-bond acceptors (Lipinski definition) is 3. The molecule has 0 spiro atoms. The van der Waals surface area contributed by atoms with Crippen molar-refractivity contribution in [3.05, 3.63) is 11.6 Å². The summed E-state index contributed by atoms with van der Waals surface area (Å²) in [6, 6.07) is 0. The van der Waals surface area contributed by atoms with Crippen LogP contribution in [0.1, 0.15) is 69.9 Å². The van der Waals surface area contributed by atoms with Gasteiger partial charge in [-0.05, 0) is 44.7 Å². The van der Waals surface area contributed by atoms with E-state index in [0.29, 0.717) is 11.8 Å². The monoisotopic (exact) mass is 262 g/mol. The van der Waals surface area contributed by atoms with Crippen LogP contribution in [0.2, 0.25) is 0 Å². The molecule has 1 saturated heterocycles. The first-order valence-corrected chi connectivity index (χ1v) is 7.81. The molecule has 2 fully saturated rings. The maximum atomic E-state index is 4.84. The van der Waals surface area contributed by atoms with Crippen LogP contribution in [-0.4, -0.2) is 28.3 Å².